The molecule has 8 nitrogen and oxygen atoms in total. The van der Waals surface area contributed by atoms with Gasteiger partial charge in [0.1, 0.15) is 0 Å². The van der Waals surface area contributed by atoms with Gasteiger partial charge in [0.05, 0.1) is 29.1 Å². The molecular weight excluding hydrogens is 389 g/mol. The van der Waals surface area contributed by atoms with E-state index in [0.717, 1.165) is 11.9 Å². The van der Waals surface area contributed by atoms with Gasteiger partial charge in [-0.15, -0.1) is 5.53 Å². The van der Waals surface area contributed by atoms with Crippen molar-refractivity contribution in [1.29, 1.82) is 0 Å². The van der Waals surface area contributed by atoms with Crippen LogP contribution < -0.4 is 16.0 Å². The van der Waals surface area contributed by atoms with Gasteiger partial charge in [-0.3, -0.25) is 9.99 Å². The maximum absolute atomic E-state index is 13.2. The molecule has 1 aliphatic heterocycles. The Balaban J connectivity index is 1.64. The van der Waals surface area contributed by atoms with Crippen LogP contribution >= 0.6 is 0 Å². The third-order valence-corrected chi connectivity index (χ3v) is 4.20. The molecule has 0 saturated carbocycles. The van der Waals surface area contributed by atoms with E-state index in [1.807, 2.05) is 0 Å². The van der Waals surface area contributed by atoms with Crippen molar-refractivity contribution in [3.05, 3.63) is 42.2 Å². The number of halogens is 3. The zero-order valence-electron chi connectivity index (χ0n) is 15.4. The van der Waals surface area contributed by atoms with Crippen molar-refractivity contribution in [1.82, 2.24) is 20.7 Å². The van der Waals surface area contributed by atoms with Crippen molar-refractivity contribution in [2.45, 2.75) is 25.6 Å². The van der Waals surface area contributed by atoms with Gasteiger partial charge in [0, 0.05) is 23.5 Å². The minimum Gasteiger partial charge on any atom is -0.389 e. The van der Waals surface area contributed by atoms with E-state index in [-0.39, 0.29) is 17.3 Å². The second kappa shape index (κ2) is 6.71. The zero-order chi connectivity index (χ0) is 20.8. The molecule has 0 saturated heterocycles. The summed E-state index contributed by atoms with van der Waals surface area (Å²) in [5.41, 5.74) is 5.87. The Morgan fingerprint density at radius 3 is 2.72 bits per heavy atom. The highest BCUT2D eigenvalue weighted by Crippen LogP contribution is 2.37. The van der Waals surface area contributed by atoms with E-state index in [9.17, 15) is 18.3 Å². The number of alkyl halides is 3. The first-order chi connectivity index (χ1) is 13.6. The van der Waals surface area contributed by atoms with Gasteiger partial charge in [0.15, 0.2) is 0 Å². The first-order valence-electron chi connectivity index (χ1n) is 8.63. The van der Waals surface area contributed by atoms with E-state index in [1.54, 1.807) is 37.1 Å². The molecule has 3 heterocycles. The fraction of sp³-hybridized carbons (Fsp3) is 0.278. The normalized spacial score (nSPS) is 14.1. The highest BCUT2D eigenvalue weighted by Gasteiger charge is 2.35. The van der Waals surface area contributed by atoms with Crippen molar-refractivity contribution in [2.24, 2.45) is 0 Å². The van der Waals surface area contributed by atoms with Crippen LogP contribution in [-0.4, -0.2) is 32.4 Å². The summed E-state index contributed by atoms with van der Waals surface area (Å²) in [4.78, 5) is 7.65. The quantitative estimate of drug-likeness (QED) is 0.607. The van der Waals surface area contributed by atoms with Crippen LogP contribution in [0.2, 0.25) is 0 Å². The van der Waals surface area contributed by atoms with Gasteiger partial charge in [0.2, 0.25) is 5.82 Å². The summed E-state index contributed by atoms with van der Waals surface area (Å²) in [6.07, 6.45) is -2.62. The van der Waals surface area contributed by atoms with Crippen molar-refractivity contribution in [3.63, 3.8) is 0 Å². The number of hydrogen-bond donors (Lipinski definition) is 3. The van der Waals surface area contributed by atoms with Crippen LogP contribution in [-0.2, 0) is 6.18 Å². The van der Waals surface area contributed by atoms with Gasteiger partial charge in [-0.2, -0.15) is 18.2 Å². The lowest BCUT2D eigenvalue weighted by Crippen LogP contribution is -2.45. The topological polar surface area (TPSA) is 99.3 Å². The maximum atomic E-state index is 13.2. The van der Waals surface area contributed by atoms with E-state index in [4.69, 9.17) is 4.52 Å². The highest BCUT2D eigenvalue weighted by atomic mass is 19.4. The fourth-order valence-electron chi connectivity index (χ4n) is 2.97. The summed E-state index contributed by atoms with van der Waals surface area (Å²) in [6.45, 7) is 3.71. The summed E-state index contributed by atoms with van der Waals surface area (Å²) in [6, 6.07) is 6.40. The molecule has 0 radical (unpaired) electrons. The number of rotatable bonds is 4. The first-order valence-corrected chi connectivity index (χ1v) is 8.63. The third kappa shape index (κ3) is 3.87. The third-order valence-electron chi connectivity index (χ3n) is 4.20. The van der Waals surface area contributed by atoms with Crippen LogP contribution in [0.1, 0.15) is 19.4 Å². The Bertz CT molecular complexity index is 1040. The summed E-state index contributed by atoms with van der Waals surface area (Å²) >= 11 is 0. The molecular formula is C18H17F3N6O2. The smallest absolute Gasteiger partial charge is 0.389 e. The molecule has 0 spiro atoms. The van der Waals surface area contributed by atoms with Crippen LogP contribution in [0.3, 0.4) is 0 Å². The number of β-amino-alcohol motifs (C(OH)–C–C–N with tert-alkyl or cyclic N) is 1. The summed E-state index contributed by atoms with van der Waals surface area (Å²) in [7, 11) is 0. The Morgan fingerprint density at radius 1 is 1.21 bits per heavy atom. The van der Waals surface area contributed by atoms with Crippen molar-refractivity contribution in [2.75, 3.05) is 17.0 Å². The van der Waals surface area contributed by atoms with Gasteiger partial charge in [0.25, 0.3) is 5.89 Å². The Hall–Kier alpha value is -3.18. The number of anilines is 2. The molecule has 1 aliphatic rings. The van der Waals surface area contributed by atoms with Crippen molar-refractivity contribution < 1.29 is 22.8 Å². The molecule has 0 unspecified atom stereocenters. The van der Waals surface area contributed by atoms with Crippen LogP contribution in [0, 0.1) is 0 Å². The summed E-state index contributed by atoms with van der Waals surface area (Å²) < 4.78 is 44.8. The van der Waals surface area contributed by atoms with Crippen LogP contribution in [0.15, 0.2) is 41.2 Å². The lowest BCUT2D eigenvalue weighted by atomic mass is 10.1. The second-order valence-electron chi connectivity index (χ2n) is 7.21. The van der Waals surface area contributed by atoms with Gasteiger partial charge < -0.3 is 15.1 Å². The predicted molar refractivity (Wildman–Crippen MR) is 98.4 cm³/mol. The average molecular weight is 406 g/mol. The Morgan fingerprint density at radius 2 is 2.00 bits per heavy atom. The molecule has 3 aromatic rings. The van der Waals surface area contributed by atoms with Gasteiger partial charge in [-0.25, -0.2) is 0 Å². The minimum absolute atomic E-state index is 0.0791. The molecule has 0 atom stereocenters. The zero-order valence-corrected chi connectivity index (χ0v) is 15.4. The predicted octanol–water partition coefficient (Wildman–Crippen LogP) is 3.24. The van der Waals surface area contributed by atoms with E-state index in [0.29, 0.717) is 17.8 Å². The Labute approximate surface area is 163 Å². The average Bonchev–Trinajstić information content (AvgIpc) is 3.27. The SMILES string of the molecule is CC(C)(O)CN1NNc2cc(-c3nc(-c4ccncc4C(F)(F)F)no3)ccc21. The molecule has 152 valence electrons. The highest BCUT2D eigenvalue weighted by molar-refractivity contribution is 5.78. The van der Waals surface area contributed by atoms with Crippen LogP contribution in [0.4, 0.5) is 24.5 Å². The number of aliphatic hydroxyl groups is 1. The number of nitrogens with zero attached hydrogens (tertiary/aromatic N) is 4. The van der Waals surface area contributed by atoms with E-state index in [1.165, 1.54) is 12.3 Å². The van der Waals surface area contributed by atoms with Gasteiger partial charge in [-0.1, -0.05) is 5.16 Å². The Kier molecular flexibility index (Phi) is 4.43. The molecule has 11 heteroatoms. The number of hydrazine groups is 2. The monoisotopic (exact) mass is 406 g/mol. The molecule has 3 N–H and O–H groups in total. The van der Waals surface area contributed by atoms with Gasteiger partial charge >= 0.3 is 6.18 Å². The number of pyridine rings is 1. The standard InChI is InChI=1S/C18H17F3N6O2/c1-17(2,28)9-27-14-4-3-10(7-13(14)24-26-27)16-23-15(25-29-16)11-5-6-22-8-12(11)18(19,20)21/h3-8,24,26,28H,9H2,1-2H3. The first kappa shape index (κ1) is 19.2. The molecule has 0 amide bonds. The molecule has 1 aromatic carbocycles. The molecule has 4 rings (SSSR count). The molecule has 0 aliphatic carbocycles. The molecule has 0 fully saturated rings. The van der Waals surface area contributed by atoms with E-state index < -0.39 is 17.3 Å². The number of aromatic nitrogens is 3. The molecule has 29 heavy (non-hydrogen) atoms. The number of benzene rings is 1. The van der Waals surface area contributed by atoms with Crippen LogP contribution in [0.5, 0.6) is 0 Å². The van der Waals surface area contributed by atoms with Crippen molar-refractivity contribution >= 4 is 11.4 Å². The largest absolute Gasteiger partial charge is 0.418 e. The lowest BCUT2D eigenvalue weighted by molar-refractivity contribution is -0.137. The fourth-order valence-corrected chi connectivity index (χ4v) is 2.97. The van der Waals surface area contributed by atoms with E-state index >= 15 is 0 Å². The molecule has 0 bridgehead atoms. The van der Waals surface area contributed by atoms with Crippen LogP contribution in [0.25, 0.3) is 22.8 Å². The minimum atomic E-state index is -4.59. The molecule has 2 aromatic heterocycles. The number of hydrogen-bond acceptors (Lipinski definition) is 8. The number of nitrogens with one attached hydrogen (secondary N) is 2. The summed E-state index contributed by atoms with van der Waals surface area (Å²) in [5.74, 6) is -0.0968. The van der Waals surface area contributed by atoms with Crippen molar-refractivity contribution in [3.8, 4) is 22.8 Å². The second-order valence-corrected chi connectivity index (χ2v) is 7.21. The number of fused-ring (bicyclic) bond motifs is 1. The van der Waals surface area contributed by atoms with E-state index in [2.05, 4.69) is 26.1 Å². The lowest BCUT2D eigenvalue weighted by Gasteiger charge is -2.26. The summed E-state index contributed by atoms with van der Waals surface area (Å²) in [5, 5.41) is 15.4. The van der Waals surface area contributed by atoms with Gasteiger partial charge in [-0.05, 0) is 38.1 Å². The maximum Gasteiger partial charge on any atom is 0.418 e.